The molecule has 146 valence electrons. The quantitative estimate of drug-likeness (QED) is 0.475. The van der Waals surface area contributed by atoms with Crippen molar-refractivity contribution < 1.29 is 8.42 Å². The van der Waals surface area contributed by atoms with Crippen molar-refractivity contribution in [3.05, 3.63) is 90.0 Å². The number of benzene rings is 3. The molecular formula is C22H18N2O2S3. The average Bonchev–Trinajstić information content (AvgIpc) is 3.29. The van der Waals surface area contributed by atoms with Crippen molar-refractivity contribution in [3.63, 3.8) is 0 Å². The minimum Gasteiger partial charge on any atom is -0.230 e. The van der Waals surface area contributed by atoms with Gasteiger partial charge < -0.3 is 0 Å². The average molecular weight is 439 g/mol. The Morgan fingerprint density at radius 3 is 2.48 bits per heavy atom. The number of thiazole rings is 1. The summed E-state index contributed by atoms with van der Waals surface area (Å²) < 4.78 is 30.9. The molecule has 0 saturated heterocycles. The summed E-state index contributed by atoms with van der Waals surface area (Å²) in [5.74, 6) is 0. The van der Waals surface area contributed by atoms with Crippen molar-refractivity contribution in [2.45, 2.75) is 26.9 Å². The van der Waals surface area contributed by atoms with Gasteiger partial charge >= 0.3 is 0 Å². The Morgan fingerprint density at radius 2 is 1.66 bits per heavy atom. The zero-order chi connectivity index (χ0) is 19.8. The summed E-state index contributed by atoms with van der Waals surface area (Å²) in [5, 5.41) is -0.0229. The summed E-state index contributed by atoms with van der Waals surface area (Å²) in [6.45, 7) is 0. The summed E-state index contributed by atoms with van der Waals surface area (Å²) >= 11 is 3.29. The van der Waals surface area contributed by atoms with E-state index in [-0.39, 0.29) is 11.3 Å². The fraction of sp³-hybridized carbons (Fsp3) is 0.136. The number of fused-ring (bicyclic) bond motifs is 2. The fourth-order valence-corrected chi connectivity index (χ4v) is 7.56. The molecule has 0 amide bonds. The molecule has 0 unspecified atom stereocenters. The van der Waals surface area contributed by atoms with Crippen molar-refractivity contribution >= 4 is 43.3 Å². The van der Waals surface area contributed by atoms with Gasteiger partial charge in [-0.3, -0.25) is 0 Å². The summed E-state index contributed by atoms with van der Waals surface area (Å²) in [4.78, 5) is 5.03. The standard InChI is InChI=1S/C22H18N2O2S3/c25-29(26,16-9-2-1-3-10-16)24-19-14-15-8-4-5-11-17(15)21(19)28-22-23-18-12-6-7-13-20(18)27-22/h1-13,19,21,24H,14H2/t19-,21+/m1/s1. The van der Waals surface area contributed by atoms with Gasteiger partial charge in [0.1, 0.15) is 0 Å². The molecule has 0 saturated carbocycles. The monoisotopic (exact) mass is 438 g/mol. The van der Waals surface area contributed by atoms with Gasteiger partial charge in [0.25, 0.3) is 0 Å². The first kappa shape index (κ1) is 18.8. The molecule has 1 aliphatic rings. The predicted molar refractivity (Wildman–Crippen MR) is 119 cm³/mol. The number of hydrogen-bond donors (Lipinski definition) is 1. The van der Waals surface area contributed by atoms with Crippen molar-refractivity contribution in [1.29, 1.82) is 0 Å². The van der Waals surface area contributed by atoms with Crippen LogP contribution in [0.3, 0.4) is 0 Å². The van der Waals surface area contributed by atoms with E-state index in [0.717, 1.165) is 14.6 Å². The lowest BCUT2D eigenvalue weighted by atomic mass is 10.1. The number of para-hydroxylation sites is 1. The molecule has 2 atom stereocenters. The minimum atomic E-state index is -3.59. The molecule has 1 aliphatic carbocycles. The normalized spacial score (nSPS) is 18.8. The fourth-order valence-electron chi connectivity index (χ4n) is 3.68. The number of hydrogen-bond acceptors (Lipinski definition) is 5. The lowest BCUT2D eigenvalue weighted by molar-refractivity contribution is 0.553. The van der Waals surface area contributed by atoms with Gasteiger partial charge in [0.2, 0.25) is 10.0 Å². The van der Waals surface area contributed by atoms with E-state index < -0.39 is 10.0 Å². The Labute approximate surface area is 178 Å². The zero-order valence-electron chi connectivity index (χ0n) is 15.4. The van der Waals surface area contributed by atoms with Crippen molar-refractivity contribution in [2.24, 2.45) is 0 Å². The zero-order valence-corrected chi connectivity index (χ0v) is 17.8. The van der Waals surface area contributed by atoms with Gasteiger partial charge in [-0.15, -0.1) is 11.3 Å². The van der Waals surface area contributed by atoms with E-state index in [1.807, 2.05) is 36.4 Å². The molecular weight excluding hydrogens is 420 g/mol. The van der Waals surface area contributed by atoms with Gasteiger partial charge in [-0.2, -0.15) is 0 Å². The third kappa shape index (κ3) is 3.71. The van der Waals surface area contributed by atoms with Crippen molar-refractivity contribution in [2.75, 3.05) is 0 Å². The van der Waals surface area contributed by atoms with E-state index in [4.69, 9.17) is 4.98 Å². The van der Waals surface area contributed by atoms with Crippen molar-refractivity contribution in [3.8, 4) is 0 Å². The Morgan fingerprint density at radius 1 is 0.931 bits per heavy atom. The van der Waals surface area contributed by atoms with Gasteiger partial charge in [0, 0.05) is 6.04 Å². The van der Waals surface area contributed by atoms with E-state index in [9.17, 15) is 8.42 Å². The maximum atomic E-state index is 12.9. The Bertz CT molecular complexity index is 1240. The van der Waals surface area contributed by atoms with Gasteiger partial charge in [-0.1, -0.05) is 66.4 Å². The minimum absolute atomic E-state index is 0.0229. The summed E-state index contributed by atoms with van der Waals surface area (Å²) in [7, 11) is -3.59. The Hall–Kier alpha value is -2.19. The molecule has 4 aromatic rings. The number of nitrogens with one attached hydrogen (secondary N) is 1. The van der Waals surface area contributed by atoms with Crippen LogP contribution in [-0.2, 0) is 16.4 Å². The van der Waals surface area contributed by atoms with Crippen LogP contribution >= 0.6 is 23.1 Å². The second-order valence-corrected chi connectivity index (χ2v) is 11.1. The first-order chi connectivity index (χ1) is 14.1. The Balaban J connectivity index is 1.48. The molecule has 0 bridgehead atoms. The van der Waals surface area contributed by atoms with Gasteiger partial charge in [-0.05, 0) is 41.8 Å². The predicted octanol–water partition coefficient (Wildman–Crippen LogP) is 5.03. The van der Waals surface area contributed by atoms with Crippen LogP contribution in [0, 0.1) is 0 Å². The molecule has 0 aliphatic heterocycles. The summed E-state index contributed by atoms with van der Waals surface area (Å²) in [5.41, 5.74) is 3.34. The molecule has 0 radical (unpaired) electrons. The topological polar surface area (TPSA) is 59.1 Å². The molecule has 5 rings (SSSR count). The van der Waals surface area contributed by atoms with Crippen LogP contribution in [0.4, 0.5) is 0 Å². The molecule has 1 heterocycles. The highest BCUT2D eigenvalue weighted by atomic mass is 32.2. The van der Waals surface area contributed by atoms with Crippen LogP contribution < -0.4 is 4.72 Å². The lowest BCUT2D eigenvalue weighted by Crippen LogP contribution is -2.36. The molecule has 0 spiro atoms. The lowest BCUT2D eigenvalue weighted by Gasteiger charge is -2.20. The van der Waals surface area contributed by atoms with E-state index in [1.54, 1.807) is 47.4 Å². The molecule has 0 fully saturated rings. The molecule has 1 aromatic heterocycles. The highest BCUT2D eigenvalue weighted by Crippen LogP contribution is 2.46. The number of nitrogens with zero attached hydrogens (tertiary/aromatic N) is 1. The van der Waals surface area contributed by atoms with E-state index in [1.165, 1.54) is 11.1 Å². The number of rotatable bonds is 5. The van der Waals surface area contributed by atoms with Crippen LogP contribution in [0.25, 0.3) is 10.2 Å². The number of thioether (sulfide) groups is 1. The van der Waals surface area contributed by atoms with E-state index in [2.05, 4.69) is 22.9 Å². The molecule has 3 aromatic carbocycles. The number of aromatic nitrogens is 1. The Kier molecular flexibility index (Phi) is 4.91. The van der Waals surface area contributed by atoms with Crippen LogP contribution in [0.2, 0.25) is 0 Å². The largest absolute Gasteiger partial charge is 0.240 e. The summed E-state index contributed by atoms with van der Waals surface area (Å²) in [6.07, 6.45) is 0.671. The smallest absolute Gasteiger partial charge is 0.230 e. The third-order valence-electron chi connectivity index (χ3n) is 5.03. The second kappa shape index (κ2) is 7.57. The molecule has 29 heavy (non-hydrogen) atoms. The van der Waals surface area contributed by atoms with E-state index in [0.29, 0.717) is 11.3 Å². The highest BCUT2D eigenvalue weighted by molar-refractivity contribution is 8.01. The van der Waals surface area contributed by atoms with Crippen LogP contribution in [0.5, 0.6) is 0 Å². The molecule has 7 heteroatoms. The highest BCUT2D eigenvalue weighted by Gasteiger charge is 2.36. The van der Waals surface area contributed by atoms with Gasteiger partial charge in [-0.25, -0.2) is 18.1 Å². The van der Waals surface area contributed by atoms with Gasteiger partial charge in [0.15, 0.2) is 4.34 Å². The van der Waals surface area contributed by atoms with Crippen LogP contribution in [0.1, 0.15) is 16.4 Å². The first-order valence-corrected chi connectivity index (χ1v) is 12.5. The van der Waals surface area contributed by atoms with Gasteiger partial charge in [0.05, 0.1) is 20.4 Å². The second-order valence-electron chi connectivity index (χ2n) is 6.93. The molecule has 4 nitrogen and oxygen atoms in total. The number of sulfonamides is 1. The molecule has 1 N–H and O–H groups in total. The van der Waals surface area contributed by atoms with E-state index >= 15 is 0 Å². The maximum absolute atomic E-state index is 12.9. The summed E-state index contributed by atoms with van der Waals surface area (Å²) in [6, 6.07) is 24.6. The van der Waals surface area contributed by atoms with Crippen molar-refractivity contribution in [1.82, 2.24) is 9.71 Å². The van der Waals surface area contributed by atoms with Crippen LogP contribution in [0.15, 0.2) is 88.1 Å². The SMILES string of the molecule is O=S(=O)(N[C@@H]1Cc2ccccc2[C@@H]1Sc1nc2ccccc2s1)c1ccccc1. The first-order valence-electron chi connectivity index (χ1n) is 9.27. The van der Waals surface area contributed by atoms with Crippen LogP contribution in [-0.4, -0.2) is 19.4 Å². The third-order valence-corrected chi connectivity index (χ3v) is 9.03. The maximum Gasteiger partial charge on any atom is 0.240 e.